The molecule has 1 aromatic carbocycles. The molecule has 0 spiro atoms. The third-order valence-electron chi connectivity index (χ3n) is 3.97. The van der Waals surface area contributed by atoms with Gasteiger partial charge in [-0.25, -0.2) is 0 Å². The van der Waals surface area contributed by atoms with Gasteiger partial charge in [-0.3, -0.25) is 5.43 Å². The molecule has 0 amide bonds. The van der Waals surface area contributed by atoms with Crippen molar-refractivity contribution in [2.75, 3.05) is 5.32 Å². The van der Waals surface area contributed by atoms with Crippen molar-refractivity contribution in [2.24, 2.45) is 5.10 Å². The molecular formula is C18H22F3N3S. The summed E-state index contributed by atoms with van der Waals surface area (Å²) in [6, 6.07) is 5.23. The number of hydrogen-bond donors (Lipinski definition) is 2. The first-order valence-electron chi connectivity index (χ1n) is 8.41. The van der Waals surface area contributed by atoms with Crippen molar-refractivity contribution in [2.45, 2.75) is 51.6 Å². The second-order valence-electron chi connectivity index (χ2n) is 5.89. The molecule has 1 aliphatic rings. The van der Waals surface area contributed by atoms with Crippen LogP contribution < -0.4 is 10.7 Å². The Bertz CT molecular complexity index is 666. The van der Waals surface area contributed by atoms with E-state index in [-0.39, 0.29) is 10.8 Å². The Labute approximate surface area is 151 Å². The number of unbranched alkanes of at least 4 members (excludes halogenated alkanes) is 2. The number of allylic oxidation sites excluding steroid dienone is 2. The number of rotatable bonds is 6. The van der Waals surface area contributed by atoms with E-state index in [0.29, 0.717) is 0 Å². The average molecular weight is 369 g/mol. The molecule has 0 saturated carbocycles. The van der Waals surface area contributed by atoms with Gasteiger partial charge in [-0.15, -0.1) is 0 Å². The number of benzene rings is 1. The molecule has 0 fully saturated rings. The standard InChI is InChI=1S/C18H22F3N3S/c1-2-3-4-8-13-9-7-12-15(13)23-24-17(25)22-16-11-6-5-10-14(16)18(19,20)21/h5-6,9-11H,2-4,7-8,12H2,1H3,(H2,22,24,25)/b23-15-. The summed E-state index contributed by atoms with van der Waals surface area (Å²) in [6.07, 6.45) is 3.93. The van der Waals surface area contributed by atoms with Gasteiger partial charge in [0.2, 0.25) is 0 Å². The van der Waals surface area contributed by atoms with E-state index < -0.39 is 11.7 Å². The fourth-order valence-electron chi connectivity index (χ4n) is 2.71. The zero-order chi connectivity index (χ0) is 18.3. The highest BCUT2D eigenvalue weighted by Crippen LogP contribution is 2.34. The highest BCUT2D eigenvalue weighted by Gasteiger charge is 2.33. The van der Waals surface area contributed by atoms with Crippen molar-refractivity contribution in [3.63, 3.8) is 0 Å². The molecule has 1 aromatic rings. The molecule has 1 aliphatic carbocycles. The van der Waals surface area contributed by atoms with E-state index in [1.54, 1.807) is 0 Å². The van der Waals surface area contributed by atoms with E-state index in [4.69, 9.17) is 12.2 Å². The third-order valence-corrected chi connectivity index (χ3v) is 4.16. The Morgan fingerprint density at radius 3 is 2.72 bits per heavy atom. The van der Waals surface area contributed by atoms with E-state index in [1.165, 1.54) is 30.2 Å². The topological polar surface area (TPSA) is 36.4 Å². The summed E-state index contributed by atoms with van der Waals surface area (Å²) in [5, 5.41) is 6.91. The molecular weight excluding hydrogens is 347 g/mol. The number of nitrogens with one attached hydrogen (secondary N) is 2. The van der Waals surface area contributed by atoms with E-state index in [2.05, 4.69) is 28.8 Å². The van der Waals surface area contributed by atoms with Crippen LogP contribution in [0.4, 0.5) is 18.9 Å². The fraction of sp³-hybridized carbons (Fsp3) is 0.444. The first-order chi connectivity index (χ1) is 11.9. The maximum absolute atomic E-state index is 13.0. The van der Waals surface area contributed by atoms with Crippen LogP contribution in [0.25, 0.3) is 0 Å². The predicted octanol–water partition coefficient (Wildman–Crippen LogP) is 5.65. The molecule has 0 heterocycles. The molecule has 2 rings (SSSR count). The van der Waals surface area contributed by atoms with Crippen molar-refractivity contribution in [3.8, 4) is 0 Å². The molecule has 0 saturated heterocycles. The molecule has 0 atom stereocenters. The molecule has 0 aliphatic heterocycles. The number of hydrogen-bond acceptors (Lipinski definition) is 2. The number of hydrazone groups is 1. The van der Waals surface area contributed by atoms with Crippen LogP contribution in [-0.2, 0) is 6.18 Å². The van der Waals surface area contributed by atoms with Gasteiger partial charge in [0, 0.05) is 0 Å². The Hall–Kier alpha value is -1.89. The second-order valence-corrected chi connectivity index (χ2v) is 6.30. The SMILES string of the molecule is CCCCCC1=CCC/C1=N/NC(=S)Nc1ccccc1C(F)(F)F. The van der Waals surface area contributed by atoms with Gasteiger partial charge in [0.05, 0.1) is 17.0 Å². The first-order valence-corrected chi connectivity index (χ1v) is 8.82. The van der Waals surface area contributed by atoms with Crippen LogP contribution in [0.2, 0.25) is 0 Å². The molecule has 136 valence electrons. The largest absolute Gasteiger partial charge is 0.418 e. The van der Waals surface area contributed by atoms with E-state index in [9.17, 15) is 13.2 Å². The highest BCUT2D eigenvalue weighted by molar-refractivity contribution is 7.80. The van der Waals surface area contributed by atoms with Gasteiger partial charge in [-0.1, -0.05) is 38.0 Å². The Balaban J connectivity index is 1.96. The van der Waals surface area contributed by atoms with Crippen LogP contribution in [0, 0.1) is 0 Å². The van der Waals surface area contributed by atoms with E-state index >= 15 is 0 Å². The lowest BCUT2D eigenvalue weighted by Crippen LogP contribution is -2.26. The minimum atomic E-state index is -4.44. The van der Waals surface area contributed by atoms with Gasteiger partial charge in [-0.05, 0) is 55.6 Å². The van der Waals surface area contributed by atoms with E-state index in [0.717, 1.165) is 43.9 Å². The number of halogens is 3. The van der Waals surface area contributed by atoms with Gasteiger partial charge < -0.3 is 5.32 Å². The number of para-hydroxylation sites is 1. The molecule has 0 bridgehead atoms. The number of anilines is 1. The Morgan fingerprint density at radius 1 is 1.24 bits per heavy atom. The van der Waals surface area contributed by atoms with Gasteiger partial charge in [-0.2, -0.15) is 18.3 Å². The van der Waals surface area contributed by atoms with Crippen molar-refractivity contribution in [3.05, 3.63) is 41.5 Å². The van der Waals surface area contributed by atoms with Crippen molar-refractivity contribution >= 4 is 28.7 Å². The summed E-state index contributed by atoms with van der Waals surface area (Å²) < 4.78 is 39.0. The molecule has 2 N–H and O–H groups in total. The average Bonchev–Trinajstić information content (AvgIpc) is 3.00. The van der Waals surface area contributed by atoms with Crippen LogP contribution in [0.15, 0.2) is 41.0 Å². The zero-order valence-electron chi connectivity index (χ0n) is 14.1. The van der Waals surface area contributed by atoms with Crippen molar-refractivity contribution < 1.29 is 13.2 Å². The zero-order valence-corrected chi connectivity index (χ0v) is 14.9. The molecule has 7 heteroatoms. The highest BCUT2D eigenvalue weighted by atomic mass is 32.1. The van der Waals surface area contributed by atoms with Crippen LogP contribution >= 0.6 is 12.2 Å². The van der Waals surface area contributed by atoms with Gasteiger partial charge >= 0.3 is 6.18 Å². The lowest BCUT2D eigenvalue weighted by molar-refractivity contribution is -0.136. The molecule has 0 radical (unpaired) electrons. The predicted molar refractivity (Wildman–Crippen MR) is 99.7 cm³/mol. The smallest absolute Gasteiger partial charge is 0.331 e. The maximum atomic E-state index is 13.0. The van der Waals surface area contributed by atoms with Crippen molar-refractivity contribution in [1.82, 2.24) is 5.43 Å². The minimum absolute atomic E-state index is 0.0454. The normalized spacial score (nSPS) is 16.0. The number of thiocarbonyl (C=S) groups is 1. The lowest BCUT2D eigenvalue weighted by Gasteiger charge is -2.14. The summed E-state index contributed by atoms with van der Waals surface area (Å²) in [6.45, 7) is 2.16. The maximum Gasteiger partial charge on any atom is 0.418 e. The van der Waals surface area contributed by atoms with Gasteiger partial charge in [0.15, 0.2) is 5.11 Å². The molecule has 0 unspecified atom stereocenters. The van der Waals surface area contributed by atoms with Gasteiger partial charge in [0.1, 0.15) is 0 Å². The molecule has 0 aromatic heterocycles. The van der Waals surface area contributed by atoms with E-state index in [1.807, 2.05) is 0 Å². The van der Waals surface area contributed by atoms with Crippen LogP contribution in [0.5, 0.6) is 0 Å². The van der Waals surface area contributed by atoms with Crippen molar-refractivity contribution in [1.29, 1.82) is 0 Å². The summed E-state index contributed by atoms with van der Waals surface area (Å²) in [5.41, 5.74) is 3.97. The monoisotopic (exact) mass is 369 g/mol. The summed E-state index contributed by atoms with van der Waals surface area (Å²) in [4.78, 5) is 0. The minimum Gasteiger partial charge on any atom is -0.331 e. The lowest BCUT2D eigenvalue weighted by atomic mass is 10.1. The third kappa shape index (κ3) is 5.85. The van der Waals surface area contributed by atoms with Crippen LogP contribution in [-0.4, -0.2) is 10.8 Å². The summed E-state index contributed by atoms with van der Waals surface area (Å²) in [7, 11) is 0. The van der Waals surface area contributed by atoms with Crippen LogP contribution in [0.1, 0.15) is 51.0 Å². The van der Waals surface area contributed by atoms with Crippen LogP contribution in [0.3, 0.4) is 0 Å². The first kappa shape index (κ1) is 19.4. The molecule has 3 nitrogen and oxygen atoms in total. The second kappa shape index (κ2) is 8.99. The Morgan fingerprint density at radius 2 is 2.00 bits per heavy atom. The fourth-order valence-corrected chi connectivity index (χ4v) is 2.86. The summed E-state index contributed by atoms with van der Waals surface area (Å²) in [5.74, 6) is 0. The number of nitrogens with zero attached hydrogens (tertiary/aromatic N) is 1. The Kier molecular flexibility index (Phi) is 6.99. The molecule has 25 heavy (non-hydrogen) atoms. The van der Waals surface area contributed by atoms with Gasteiger partial charge in [0.25, 0.3) is 0 Å². The number of alkyl halides is 3. The summed E-state index contributed by atoms with van der Waals surface area (Å²) >= 11 is 5.08. The quantitative estimate of drug-likeness (QED) is 0.387.